The number of benzene rings is 2. The minimum atomic E-state index is -2.06. The Balaban J connectivity index is 1.80. The summed E-state index contributed by atoms with van der Waals surface area (Å²) in [5.41, 5.74) is 5.58. The van der Waals surface area contributed by atoms with E-state index in [1.807, 2.05) is 0 Å². The van der Waals surface area contributed by atoms with Crippen LogP contribution in [0.3, 0.4) is 0 Å². The number of hydrogen-bond acceptors (Lipinski definition) is 1. The second-order valence-corrected chi connectivity index (χ2v) is 28.1. The van der Waals surface area contributed by atoms with Gasteiger partial charge in [-0.25, -0.2) is 0 Å². The fourth-order valence-corrected chi connectivity index (χ4v) is 21.5. The van der Waals surface area contributed by atoms with Crippen molar-refractivity contribution in [2.75, 3.05) is 0 Å². The third-order valence-corrected chi connectivity index (χ3v) is 25.8. The molecule has 2 atom stereocenters. The van der Waals surface area contributed by atoms with Gasteiger partial charge in [0.05, 0.1) is 13.0 Å². The van der Waals surface area contributed by atoms with Crippen LogP contribution in [-0.2, 0) is 28.1 Å². The molecule has 1 aliphatic rings. The second kappa shape index (κ2) is 10.4. The highest BCUT2D eigenvalue weighted by molar-refractivity contribution is 7.39. The molecule has 34 heavy (non-hydrogen) atoms. The molecule has 2 unspecified atom stereocenters. The molecular formula is C29H44Cl2OSi2. The van der Waals surface area contributed by atoms with Crippen LogP contribution in [0, 0.1) is 0 Å². The zero-order valence-corrected chi connectivity index (χ0v) is 26.0. The minimum Gasteiger partial charge on any atom is -0.402 e. The molecule has 1 fully saturated rings. The van der Waals surface area contributed by atoms with Gasteiger partial charge in [0, 0.05) is 0 Å². The lowest BCUT2D eigenvalue weighted by Gasteiger charge is -2.50. The van der Waals surface area contributed by atoms with Crippen molar-refractivity contribution in [2.24, 2.45) is 0 Å². The lowest BCUT2D eigenvalue weighted by atomic mass is 9.86. The highest BCUT2D eigenvalue weighted by atomic mass is 35.5. The maximum Gasteiger partial charge on any atom is 0.182 e. The van der Waals surface area contributed by atoms with E-state index in [0.717, 1.165) is 31.0 Å². The van der Waals surface area contributed by atoms with Crippen molar-refractivity contribution < 1.29 is 4.43 Å². The third kappa shape index (κ3) is 6.59. The number of rotatable bonds is 6. The molecule has 0 aliphatic carbocycles. The van der Waals surface area contributed by atoms with Crippen LogP contribution in [0.2, 0.25) is 31.2 Å². The van der Waals surface area contributed by atoms with E-state index in [2.05, 4.69) is 103 Å². The van der Waals surface area contributed by atoms with Crippen LogP contribution >= 0.6 is 23.2 Å². The van der Waals surface area contributed by atoms with Crippen molar-refractivity contribution in [1.82, 2.24) is 0 Å². The molecule has 0 N–H and O–H groups in total. The molecule has 0 radical (unpaired) electrons. The lowest BCUT2D eigenvalue weighted by molar-refractivity contribution is 0.261. The van der Waals surface area contributed by atoms with E-state index < -0.39 is 15.4 Å². The quantitative estimate of drug-likeness (QED) is 0.265. The van der Waals surface area contributed by atoms with Crippen molar-refractivity contribution in [3.63, 3.8) is 0 Å². The van der Waals surface area contributed by atoms with Crippen LogP contribution in [-0.4, -0.2) is 26.4 Å². The van der Waals surface area contributed by atoms with Crippen molar-refractivity contribution in [2.45, 2.75) is 107 Å². The molecular weight excluding hydrogens is 491 g/mol. The van der Waals surface area contributed by atoms with Crippen molar-refractivity contribution in [3.8, 4) is 0 Å². The molecule has 1 saturated heterocycles. The summed E-state index contributed by atoms with van der Waals surface area (Å²) in [7, 11) is -3.72. The second-order valence-electron chi connectivity index (χ2n) is 13.0. The highest BCUT2D eigenvalue weighted by Gasteiger charge is 2.56. The Morgan fingerprint density at radius 1 is 0.735 bits per heavy atom. The summed E-state index contributed by atoms with van der Waals surface area (Å²) in [6.45, 7) is 18.6. The summed E-state index contributed by atoms with van der Waals surface area (Å²) in [6, 6.07) is 21.8. The molecule has 2 aromatic rings. The van der Waals surface area contributed by atoms with Gasteiger partial charge in [0.15, 0.2) is 7.83 Å². The maximum atomic E-state index is 6.84. The minimum absolute atomic E-state index is 0.0684. The smallest absolute Gasteiger partial charge is 0.182 e. The monoisotopic (exact) mass is 534 g/mol. The first-order valence-electron chi connectivity index (χ1n) is 12.8. The van der Waals surface area contributed by atoms with Gasteiger partial charge in [0.1, 0.15) is 5.56 Å². The van der Waals surface area contributed by atoms with E-state index in [9.17, 15) is 0 Å². The molecule has 2 aromatic carbocycles. The Kier molecular flexibility index (Phi) is 8.58. The van der Waals surface area contributed by atoms with Crippen LogP contribution in [0.4, 0.5) is 0 Å². The predicted molar refractivity (Wildman–Crippen MR) is 156 cm³/mol. The Morgan fingerprint density at radius 3 is 1.47 bits per heavy atom. The Hall–Kier alpha value is -0.586. The van der Waals surface area contributed by atoms with Gasteiger partial charge in [0.2, 0.25) is 0 Å². The lowest BCUT2D eigenvalue weighted by Crippen LogP contribution is -2.67. The van der Waals surface area contributed by atoms with Crippen molar-refractivity contribution in [3.05, 3.63) is 70.8 Å². The number of hydrogen-bond donors (Lipinski definition) is 0. The molecule has 0 amide bonds. The highest BCUT2D eigenvalue weighted by Crippen LogP contribution is 2.43. The molecule has 0 aromatic heterocycles. The molecule has 0 bridgehead atoms. The summed E-state index contributed by atoms with van der Waals surface area (Å²) < 4.78 is 6.84. The van der Waals surface area contributed by atoms with E-state index >= 15 is 0 Å². The molecule has 0 spiro atoms. The largest absolute Gasteiger partial charge is 0.402 e. The Bertz CT molecular complexity index is 879. The molecule has 5 heteroatoms. The van der Waals surface area contributed by atoms with Gasteiger partial charge in [-0.15, -0.1) is 11.6 Å². The molecule has 0 saturated carbocycles. The number of aryl methyl sites for hydroxylation is 2. The van der Waals surface area contributed by atoms with E-state index in [0.29, 0.717) is 0 Å². The number of alkyl halides is 2. The van der Waals surface area contributed by atoms with Crippen LogP contribution < -0.4 is 0 Å². The fourth-order valence-electron chi connectivity index (χ4n) is 5.17. The predicted octanol–water partition coefficient (Wildman–Crippen LogP) is 9.00. The first-order chi connectivity index (χ1) is 15.6. The molecule has 188 valence electrons. The molecule has 3 rings (SSSR count). The van der Waals surface area contributed by atoms with Crippen molar-refractivity contribution in [1.29, 1.82) is 0 Å². The van der Waals surface area contributed by atoms with Gasteiger partial charge in [-0.1, -0.05) is 115 Å². The Labute approximate surface area is 220 Å². The Morgan fingerprint density at radius 2 is 1.12 bits per heavy atom. The number of halogens is 2. The van der Waals surface area contributed by atoms with Crippen LogP contribution in [0.5, 0.6) is 0 Å². The van der Waals surface area contributed by atoms with Gasteiger partial charge in [-0.3, -0.25) is 0 Å². The van der Waals surface area contributed by atoms with E-state index in [4.69, 9.17) is 27.6 Å². The maximum absolute atomic E-state index is 6.84. The normalized spacial score (nSPS) is 22.5. The standard InChI is InChI=1S/C29H44Cl2OSi2/c1-28(2,3)24-13-9-22(10-14-24)17-19-34(32-27(31)26(30)21-33(34,7)8)20-18-23-11-15-25(16-12-23)29(4,5)6/h9-16,26-27H,17-21H2,1-8H3. The molecule has 1 heterocycles. The molecule has 1 aliphatic heterocycles. The summed E-state index contributed by atoms with van der Waals surface area (Å²) in [5.74, 6) is 0. The summed E-state index contributed by atoms with van der Waals surface area (Å²) >= 11 is 13.3. The summed E-state index contributed by atoms with van der Waals surface area (Å²) in [5, 5.41) is -0.0684. The van der Waals surface area contributed by atoms with Crippen LogP contribution in [0.1, 0.15) is 63.8 Å². The first-order valence-corrected chi connectivity index (χ1v) is 20.2. The average molecular weight is 536 g/mol. The first kappa shape index (κ1) is 28.0. The SMILES string of the molecule is CC(C)(C)c1ccc(CC[Si]2(CCc3ccc(C(C)(C)C)cc3)OC(Cl)C(Cl)C[Si]2(C)C)cc1. The summed E-state index contributed by atoms with van der Waals surface area (Å²) in [4.78, 5) is 0. The van der Waals surface area contributed by atoms with Gasteiger partial charge < -0.3 is 4.43 Å². The van der Waals surface area contributed by atoms with E-state index in [1.165, 1.54) is 22.3 Å². The third-order valence-electron chi connectivity index (χ3n) is 7.84. The van der Waals surface area contributed by atoms with Crippen LogP contribution in [0.15, 0.2) is 48.5 Å². The summed E-state index contributed by atoms with van der Waals surface area (Å²) in [6.07, 6.45) is 2.12. The van der Waals surface area contributed by atoms with E-state index in [-0.39, 0.29) is 21.8 Å². The van der Waals surface area contributed by atoms with Gasteiger partial charge in [-0.05, 0) is 64.1 Å². The van der Waals surface area contributed by atoms with Crippen molar-refractivity contribution >= 4 is 38.6 Å². The van der Waals surface area contributed by atoms with E-state index in [1.54, 1.807) is 0 Å². The van der Waals surface area contributed by atoms with Gasteiger partial charge >= 0.3 is 0 Å². The van der Waals surface area contributed by atoms with Gasteiger partial charge in [-0.2, -0.15) is 0 Å². The van der Waals surface area contributed by atoms with Gasteiger partial charge in [0.25, 0.3) is 0 Å². The van der Waals surface area contributed by atoms with Crippen LogP contribution in [0.25, 0.3) is 0 Å². The zero-order valence-electron chi connectivity index (χ0n) is 22.5. The molecule has 1 nitrogen and oxygen atoms in total. The fraction of sp³-hybridized carbons (Fsp3) is 0.586. The average Bonchev–Trinajstić information content (AvgIpc) is 2.73. The zero-order chi connectivity index (χ0) is 25.4. The topological polar surface area (TPSA) is 9.23 Å².